The molecule has 2 aromatic rings. The summed E-state index contributed by atoms with van der Waals surface area (Å²) in [6, 6.07) is 5.50. The highest BCUT2D eigenvalue weighted by Gasteiger charge is 2.35. The van der Waals surface area contributed by atoms with Gasteiger partial charge in [-0.05, 0) is 37.2 Å². The fraction of sp³-hybridized carbons (Fsp3) is 0.158. The molecule has 136 valence electrons. The number of pyridine rings is 1. The van der Waals surface area contributed by atoms with Gasteiger partial charge in [0.25, 0.3) is 0 Å². The standard InChI is InChI=1S/C19H10F4N2O2/c1-9-13(18(27)12-4-2-10(20)6-14(12)17(9)26)7-11-3-5-15(19(21,22)23)16(8-24)25-11/h2-6H,7H2,1H3/i1D3. The predicted octanol–water partition coefficient (Wildman–Crippen LogP) is 4.05. The van der Waals surface area contributed by atoms with Crippen LogP contribution in [0.25, 0.3) is 0 Å². The smallest absolute Gasteiger partial charge is 0.289 e. The number of benzene rings is 1. The number of nitriles is 1. The number of carbonyl (C=O) groups excluding carboxylic acids is 2. The number of aromatic nitrogens is 1. The summed E-state index contributed by atoms with van der Waals surface area (Å²) in [5.41, 5.74) is -4.42. The van der Waals surface area contributed by atoms with Crippen molar-refractivity contribution in [3.8, 4) is 6.07 Å². The van der Waals surface area contributed by atoms with Crippen LogP contribution in [-0.2, 0) is 12.6 Å². The van der Waals surface area contributed by atoms with E-state index >= 15 is 0 Å². The Morgan fingerprint density at radius 1 is 1.15 bits per heavy atom. The fourth-order valence-electron chi connectivity index (χ4n) is 2.71. The van der Waals surface area contributed by atoms with Gasteiger partial charge in [-0.15, -0.1) is 0 Å². The molecular weight excluding hydrogens is 364 g/mol. The summed E-state index contributed by atoms with van der Waals surface area (Å²) < 4.78 is 75.2. The van der Waals surface area contributed by atoms with Gasteiger partial charge in [0.2, 0.25) is 0 Å². The molecule has 4 nitrogen and oxygen atoms in total. The second-order valence-electron chi connectivity index (χ2n) is 5.69. The van der Waals surface area contributed by atoms with Gasteiger partial charge in [-0.2, -0.15) is 18.4 Å². The molecule has 0 aliphatic heterocycles. The van der Waals surface area contributed by atoms with Crippen LogP contribution in [-0.4, -0.2) is 16.6 Å². The fourth-order valence-corrected chi connectivity index (χ4v) is 2.71. The SMILES string of the molecule is [2H]C([2H])([2H])C1=C(Cc2ccc(C(F)(F)F)c(C#N)n2)C(=O)c2ccc(F)cc2C1=O. The molecular formula is C19H10F4N2O2. The summed E-state index contributed by atoms with van der Waals surface area (Å²) in [7, 11) is 0. The Bertz CT molecular complexity index is 1160. The molecule has 1 aliphatic carbocycles. The minimum Gasteiger partial charge on any atom is -0.289 e. The summed E-state index contributed by atoms with van der Waals surface area (Å²) >= 11 is 0. The molecule has 0 N–H and O–H groups in total. The van der Waals surface area contributed by atoms with Gasteiger partial charge < -0.3 is 0 Å². The molecule has 8 heteroatoms. The van der Waals surface area contributed by atoms with Gasteiger partial charge in [-0.25, -0.2) is 9.37 Å². The quantitative estimate of drug-likeness (QED) is 0.741. The third-order valence-electron chi connectivity index (χ3n) is 4.00. The van der Waals surface area contributed by atoms with E-state index in [0.717, 1.165) is 24.3 Å². The van der Waals surface area contributed by atoms with E-state index in [9.17, 15) is 27.2 Å². The van der Waals surface area contributed by atoms with Crippen molar-refractivity contribution in [1.29, 1.82) is 5.26 Å². The van der Waals surface area contributed by atoms with Crippen LogP contribution in [0.4, 0.5) is 17.6 Å². The van der Waals surface area contributed by atoms with Gasteiger partial charge in [-0.1, -0.05) is 0 Å². The number of Topliss-reactive ketones (excluding diaryl/α,β-unsaturated/α-hetero) is 2. The van der Waals surface area contributed by atoms with Crippen molar-refractivity contribution in [2.45, 2.75) is 19.4 Å². The summed E-state index contributed by atoms with van der Waals surface area (Å²) in [6.07, 6.45) is -5.43. The molecule has 0 atom stereocenters. The van der Waals surface area contributed by atoms with E-state index in [-0.39, 0.29) is 11.3 Å². The Hall–Kier alpha value is -3.34. The Morgan fingerprint density at radius 2 is 1.89 bits per heavy atom. The Morgan fingerprint density at radius 3 is 2.52 bits per heavy atom. The van der Waals surface area contributed by atoms with E-state index in [1.165, 1.54) is 6.07 Å². The van der Waals surface area contributed by atoms with Crippen LogP contribution in [0.5, 0.6) is 0 Å². The molecule has 0 fully saturated rings. The van der Waals surface area contributed by atoms with Crippen molar-refractivity contribution in [1.82, 2.24) is 4.98 Å². The number of ketones is 2. The highest BCUT2D eigenvalue weighted by atomic mass is 19.4. The van der Waals surface area contributed by atoms with Crippen molar-refractivity contribution in [3.63, 3.8) is 0 Å². The Kier molecular flexibility index (Phi) is 3.52. The monoisotopic (exact) mass is 377 g/mol. The van der Waals surface area contributed by atoms with Crippen LogP contribution in [0, 0.1) is 17.1 Å². The van der Waals surface area contributed by atoms with Crippen molar-refractivity contribution >= 4 is 11.6 Å². The van der Waals surface area contributed by atoms with E-state index < -0.39 is 64.8 Å². The number of hydrogen-bond donors (Lipinski definition) is 0. The number of halogens is 4. The molecule has 0 bridgehead atoms. The number of carbonyl (C=O) groups is 2. The lowest BCUT2D eigenvalue weighted by Gasteiger charge is -2.19. The average Bonchev–Trinajstić information content (AvgIpc) is 2.63. The van der Waals surface area contributed by atoms with Crippen molar-refractivity contribution < 1.29 is 31.3 Å². The number of hydrogen-bond acceptors (Lipinski definition) is 4. The number of fused-ring (bicyclic) bond motifs is 1. The zero-order valence-electron chi connectivity index (χ0n) is 16.3. The lowest BCUT2D eigenvalue weighted by Crippen LogP contribution is -2.22. The van der Waals surface area contributed by atoms with Crippen LogP contribution < -0.4 is 0 Å². The minimum absolute atomic E-state index is 0.206. The number of allylic oxidation sites excluding steroid dienone is 2. The zero-order valence-corrected chi connectivity index (χ0v) is 13.3. The largest absolute Gasteiger partial charge is 0.419 e. The van der Waals surface area contributed by atoms with Crippen LogP contribution in [0.2, 0.25) is 0 Å². The maximum absolute atomic E-state index is 13.5. The molecule has 0 saturated carbocycles. The average molecular weight is 377 g/mol. The van der Waals surface area contributed by atoms with E-state index in [4.69, 9.17) is 9.37 Å². The Labute approximate surface area is 155 Å². The maximum atomic E-state index is 13.5. The molecule has 0 unspecified atom stereocenters. The van der Waals surface area contributed by atoms with Crippen LogP contribution in [0.3, 0.4) is 0 Å². The number of rotatable bonds is 2. The highest BCUT2D eigenvalue weighted by Crippen LogP contribution is 2.32. The first-order valence-corrected chi connectivity index (χ1v) is 7.44. The molecule has 3 rings (SSSR count). The van der Waals surface area contributed by atoms with Crippen LogP contribution >= 0.6 is 0 Å². The minimum atomic E-state index is -4.83. The normalized spacial score (nSPS) is 16.3. The molecule has 0 saturated heterocycles. The van der Waals surface area contributed by atoms with E-state index in [0.29, 0.717) is 6.07 Å². The summed E-state index contributed by atoms with van der Waals surface area (Å²) in [6.45, 7) is -3.05. The topological polar surface area (TPSA) is 70.8 Å². The number of alkyl halides is 3. The molecule has 0 amide bonds. The van der Waals surface area contributed by atoms with Gasteiger partial charge in [0.15, 0.2) is 17.3 Å². The van der Waals surface area contributed by atoms with Gasteiger partial charge in [0.1, 0.15) is 11.9 Å². The molecule has 1 aromatic heterocycles. The lowest BCUT2D eigenvalue weighted by molar-refractivity contribution is -0.138. The van der Waals surface area contributed by atoms with E-state index in [1.807, 2.05) is 0 Å². The Balaban J connectivity index is 2.16. The molecule has 1 aliphatic rings. The first kappa shape index (κ1) is 14.8. The molecule has 1 heterocycles. The third-order valence-corrected chi connectivity index (χ3v) is 4.00. The second-order valence-corrected chi connectivity index (χ2v) is 5.69. The highest BCUT2D eigenvalue weighted by molar-refractivity contribution is 6.26. The van der Waals surface area contributed by atoms with Crippen molar-refractivity contribution in [3.05, 3.63) is 75.4 Å². The maximum Gasteiger partial charge on any atom is 0.419 e. The number of nitrogens with zero attached hydrogens (tertiary/aromatic N) is 2. The summed E-state index contributed by atoms with van der Waals surface area (Å²) in [5, 5.41) is 8.97. The lowest BCUT2D eigenvalue weighted by atomic mass is 9.83. The zero-order chi connectivity index (χ0) is 22.4. The van der Waals surface area contributed by atoms with Crippen LogP contribution in [0.15, 0.2) is 41.5 Å². The molecule has 0 spiro atoms. The van der Waals surface area contributed by atoms with Crippen LogP contribution in [0.1, 0.15) is 48.6 Å². The summed E-state index contributed by atoms with van der Waals surface area (Å²) in [4.78, 5) is 29.1. The van der Waals surface area contributed by atoms with E-state index in [1.54, 1.807) is 0 Å². The first-order chi connectivity index (χ1) is 13.8. The molecule has 0 radical (unpaired) electrons. The first-order valence-electron chi connectivity index (χ1n) is 8.94. The predicted molar refractivity (Wildman–Crippen MR) is 85.4 cm³/mol. The van der Waals surface area contributed by atoms with Gasteiger partial charge in [0.05, 0.1) is 5.56 Å². The van der Waals surface area contributed by atoms with Crippen molar-refractivity contribution in [2.24, 2.45) is 0 Å². The summed E-state index contributed by atoms with van der Waals surface area (Å²) in [5.74, 6) is -2.80. The molecule has 27 heavy (non-hydrogen) atoms. The van der Waals surface area contributed by atoms with Gasteiger partial charge in [0, 0.05) is 38.5 Å². The van der Waals surface area contributed by atoms with Crippen molar-refractivity contribution in [2.75, 3.05) is 0 Å². The van der Waals surface area contributed by atoms with E-state index in [2.05, 4.69) is 4.98 Å². The molecule has 1 aromatic carbocycles. The third kappa shape index (κ3) is 3.24. The second kappa shape index (κ2) is 6.43. The van der Waals surface area contributed by atoms with Gasteiger partial charge in [-0.3, -0.25) is 9.59 Å². The van der Waals surface area contributed by atoms with Gasteiger partial charge >= 0.3 is 6.18 Å².